The van der Waals surface area contributed by atoms with E-state index < -0.39 is 56.6 Å². The molecule has 59 heavy (non-hydrogen) atoms. The number of carboxylic acids is 2. The number of methoxy groups -OCH3 is 2. The molecule has 0 aromatic heterocycles. The third-order valence-corrected chi connectivity index (χ3v) is 10.2. The van der Waals surface area contributed by atoms with Gasteiger partial charge in [0.2, 0.25) is 0 Å². The topological polar surface area (TPSA) is 207 Å². The lowest BCUT2D eigenvalue weighted by molar-refractivity contribution is -0.174. The van der Waals surface area contributed by atoms with E-state index in [4.69, 9.17) is 38.3 Å². The Morgan fingerprint density at radius 1 is 0.424 bits per heavy atom. The average molecular weight is 851 g/mol. The number of carboxylic acid groups (broad SMARTS) is 2. The molecule has 0 aliphatic heterocycles. The number of hydrogen-bond acceptors (Lipinski definition) is 13. The lowest BCUT2D eigenvalue weighted by Gasteiger charge is -2.40. The number of carbonyl (C=O) groups excluding carboxylic acids is 4. The van der Waals surface area contributed by atoms with E-state index in [-0.39, 0.29) is 56.4 Å². The van der Waals surface area contributed by atoms with Crippen molar-refractivity contribution in [1.29, 1.82) is 0 Å². The zero-order chi connectivity index (χ0) is 47.1. The SMILES string of the molecule is CCC(C)(C)C(=O)OCCOC.CCC(C)(CC(C)(CC(C)(C)C(=O)O)C(=O)OCCOC)C(=O)OC(C)(C)C.CCOCCOC(=O)C(C)(CC)CC(C)(C)C(=O)O. The maximum absolute atomic E-state index is 12.9. The molecule has 15 nitrogen and oxygen atoms in total. The highest BCUT2D eigenvalue weighted by molar-refractivity contribution is 5.82. The van der Waals surface area contributed by atoms with Gasteiger partial charge >= 0.3 is 35.8 Å². The third-order valence-electron chi connectivity index (χ3n) is 10.2. The molecular weight excluding hydrogens is 768 g/mol. The molecule has 0 saturated carbocycles. The number of esters is 4. The van der Waals surface area contributed by atoms with Crippen LogP contribution >= 0.6 is 0 Å². The quantitative estimate of drug-likeness (QED) is 0.0508. The van der Waals surface area contributed by atoms with Gasteiger partial charge in [-0.1, -0.05) is 20.8 Å². The molecule has 0 aromatic rings. The van der Waals surface area contributed by atoms with Crippen molar-refractivity contribution in [2.45, 2.75) is 155 Å². The van der Waals surface area contributed by atoms with E-state index in [1.165, 1.54) is 7.11 Å². The summed E-state index contributed by atoms with van der Waals surface area (Å²) in [4.78, 5) is 72.0. The van der Waals surface area contributed by atoms with Crippen LogP contribution in [0.4, 0.5) is 0 Å². The zero-order valence-electron chi connectivity index (χ0n) is 39.9. The van der Waals surface area contributed by atoms with Gasteiger partial charge in [-0.05, 0) is 129 Å². The highest BCUT2D eigenvalue weighted by Crippen LogP contribution is 2.46. The number of rotatable bonds is 25. The van der Waals surface area contributed by atoms with E-state index in [1.54, 1.807) is 76.3 Å². The van der Waals surface area contributed by atoms with Crippen molar-refractivity contribution in [2.24, 2.45) is 32.5 Å². The van der Waals surface area contributed by atoms with Crippen LogP contribution in [0.1, 0.15) is 149 Å². The van der Waals surface area contributed by atoms with Crippen LogP contribution in [0.3, 0.4) is 0 Å². The lowest BCUT2D eigenvalue weighted by atomic mass is 9.65. The van der Waals surface area contributed by atoms with Gasteiger partial charge in [0.1, 0.15) is 25.4 Å². The molecule has 348 valence electrons. The van der Waals surface area contributed by atoms with Crippen molar-refractivity contribution in [2.75, 3.05) is 60.5 Å². The molecule has 0 aliphatic carbocycles. The molecule has 0 radical (unpaired) electrons. The molecule has 0 rings (SSSR count). The molecule has 3 atom stereocenters. The predicted molar refractivity (Wildman–Crippen MR) is 225 cm³/mol. The zero-order valence-corrected chi connectivity index (χ0v) is 39.9. The molecule has 2 N–H and O–H groups in total. The van der Waals surface area contributed by atoms with Crippen molar-refractivity contribution in [3.63, 3.8) is 0 Å². The minimum atomic E-state index is -1.18. The normalized spacial score (nSPS) is 14.9. The van der Waals surface area contributed by atoms with Crippen LogP contribution in [-0.4, -0.2) is 112 Å². The van der Waals surface area contributed by atoms with Crippen molar-refractivity contribution in [1.82, 2.24) is 0 Å². The van der Waals surface area contributed by atoms with E-state index in [2.05, 4.69) is 0 Å². The van der Waals surface area contributed by atoms with Crippen LogP contribution in [0.15, 0.2) is 0 Å². The lowest BCUT2D eigenvalue weighted by Crippen LogP contribution is -2.45. The minimum absolute atomic E-state index is 0.0273. The van der Waals surface area contributed by atoms with Crippen molar-refractivity contribution in [3.8, 4) is 0 Å². The highest BCUT2D eigenvalue weighted by atomic mass is 16.6. The molecule has 0 bridgehead atoms. The summed E-state index contributed by atoms with van der Waals surface area (Å²) in [5.41, 5.74) is -6.08. The van der Waals surface area contributed by atoms with Gasteiger partial charge in [-0.3, -0.25) is 28.8 Å². The number of aliphatic carboxylic acids is 2. The van der Waals surface area contributed by atoms with Gasteiger partial charge in [0.25, 0.3) is 0 Å². The number of carbonyl (C=O) groups is 6. The van der Waals surface area contributed by atoms with Gasteiger partial charge in [-0.25, -0.2) is 0 Å². The molecule has 0 saturated heterocycles. The summed E-state index contributed by atoms with van der Waals surface area (Å²) in [6.45, 7) is 30.4. The summed E-state index contributed by atoms with van der Waals surface area (Å²) >= 11 is 0. The van der Waals surface area contributed by atoms with E-state index in [0.29, 0.717) is 39.3 Å². The Bertz CT molecular complexity index is 1300. The molecule has 3 unspecified atom stereocenters. The summed E-state index contributed by atoms with van der Waals surface area (Å²) in [6, 6.07) is 0. The van der Waals surface area contributed by atoms with Gasteiger partial charge in [-0.2, -0.15) is 0 Å². The summed E-state index contributed by atoms with van der Waals surface area (Å²) in [5, 5.41) is 18.7. The molecule has 0 heterocycles. The highest BCUT2D eigenvalue weighted by Gasteiger charge is 2.50. The van der Waals surface area contributed by atoms with Gasteiger partial charge in [0.15, 0.2) is 0 Å². The Balaban J connectivity index is -0.000000871. The van der Waals surface area contributed by atoms with E-state index in [9.17, 15) is 33.9 Å². The van der Waals surface area contributed by atoms with E-state index in [0.717, 1.165) is 6.42 Å². The summed E-state index contributed by atoms with van der Waals surface area (Å²) in [6.07, 6.45) is 2.17. The van der Waals surface area contributed by atoms with E-state index in [1.807, 2.05) is 41.5 Å². The fraction of sp³-hybridized carbons (Fsp3) is 0.864. The standard InChI is InChI=1S/C21H38O7.C14H26O5.C9H18O3/c1-10-20(7,17(25)28-18(2,3)4)14-21(8,13-19(5,6)15(22)23)16(24)27-12-11-26-9;1-6-14(5,10-13(3,4)11(15)16)12(17)19-9-8-18-7-2;1-5-9(2,3)8(10)12-7-6-11-4/h10-14H2,1-9H3,(H,22,23);6-10H2,1-5H3,(H,15,16);5-7H2,1-4H3. The summed E-state index contributed by atoms with van der Waals surface area (Å²) in [5.74, 6) is -3.38. The van der Waals surface area contributed by atoms with Crippen molar-refractivity contribution in [3.05, 3.63) is 0 Å². The smallest absolute Gasteiger partial charge is 0.312 e. The van der Waals surface area contributed by atoms with Gasteiger partial charge in [0, 0.05) is 20.8 Å². The molecule has 0 amide bonds. The molecule has 15 heteroatoms. The van der Waals surface area contributed by atoms with Gasteiger partial charge < -0.3 is 43.4 Å². The third kappa shape index (κ3) is 23.3. The largest absolute Gasteiger partial charge is 0.481 e. The van der Waals surface area contributed by atoms with Crippen LogP contribution < -0.4 is 0 Å². The van der Waals surface area contributed by atoms with Gasteiger partial charge in [0.05, 0.1) is 52.3 Å². The predicted octanol–water partition coefficient (Wildman–Crippen LogP) is 7.93. The van der Waals surface area contributed by atoms with Crippen molar-refractivity contribution < 1.29 is 72.1 Å². The molecule has 0 aliphatic rings. The van der Waals surface area contributed by atoms with E-state index >= 15 is 0 Å². The van der Waals surface area contributed by atoms with Gasteiger partial charge in [-0.15, -0.1) is 0 Å². The Kier molecular flexibility index (Phi) is 27.3. The first-order chi connectivity index (χ1) is 26.8. The average Bonchev–Trinajstić information content (AvgIpc) is 3.12. The van der Waals surface area contributed by atoms with Crippen LogP contribution in [0.5, 0.6) is 0 Å². The first kappa shape index (κ1) is 60.0. The summed E-state index contributed by atoms with van der Waals surface area (Å²) in [7, 11) is 3.08. The maximum Gasteiger partial charge on any atom is 0.312 e. The second-order valence-corrected chi connectivity index (χ2v) is 18.6. The maximum atomic E-state index is 12.9. The second kappa shape index (κ2) is 26.8. The summed E-state index contributed by atoms with van der Waals surface area (Å²) < 4.78 is 35.8. The fourth-order valence-electron chi connectivity index (χ4n) is 5.72. The molecule has 0 fully saturated rings. The van der Waals surface area contributed by atoms with Crippen LogP contribution in [0, 0.1) is 32.5 Å². The Labute approximate surface area is 355 Å². The minimum Gasteiger partial charge on any atom is -0.481 e. The molecule has 0 spiro atoms. The first-order valence-electron chi connectivity index (χ1n) is 20.5. The number of hydrogen-bond donors (Lipinski definition) is 2. The van der Waals surface area contributed by atoms with Crippen LogP contribution in [-0.2, 0) is 61.9 Å². The molecule has 0 aromatic carbocycles. The van der Waals surface area contributed by atoms with Crippen LogP contribution in [0.25, 0.3) is 0 Å². The monoisotopic (exact) mass is 851 g/mol. The molecular formula is C44H82O15. The first-order valence-corrected chi connectivity index (χ1v) is 20.5. The Morgan fingerprint density at radius 3 is 1.12 bits per heavy atom. The Hall–Kier alpha value is -3.30. The van der Waals surface area contributed by atoms with Crippen molar-refractivity contribution >= 4 is 35.8 Å². The fourth-order valence-corrected chi connectivity index (χ4v) is 5.72. The number of ether oxygens (including phenoxy) is 7. The van der Waals surface area contributed by atoms with Crippen LogP contribution in [0.2, 0.25) is 0 Å². The Morgan fingerprint density at radius 2 is 0.780 bits per heavy atom. The second-order valence-electron chi connectivity index (χ2n) is 18.6.